The van der Waals surface area contributed by atoms with Crippen LogP contribution in [0.1, 0.15) is 30.0 Å². The van der Waals surface area contributed by atoms with Crippen molar-refractivity contribution in [2.45, 2.75) is 25.8 Å². The molecule has 1 unspecified atom stereocenters. The van der Waals surface area contributed by atoms with E-state index >= 15 is 0 Å². The van der Waals surface area contributed by atoms with Gasteiger partial charge in [-0.1, -0.05) is 12.1 Å². The summed E-state index contributed by atoms with van der Waals surface area (Å²) in [6, 6.07) is 6.23. The molecule has 0 aliphatic carbocycles. The Balaban J connectivity index is 2.22. The summed E-state index contributed by atoms with van der Waals surface area (Å²) in [6.45, 7) is 2.01. The number of amides is 1. The number of methoxy groups -OCH3 is 1. The van der Waals surface area contributed by atoms with Crippen LogP contribution in [0.25, 0.3) is 0 Å². The van der Waals surface area contributed by atoms with Crippen LogP contribution in [-0.4, -0.2) is 13.0 Å². The second-order valence-corrected chi connectivity index (χ2v) is 3.89. The molecule has 2 rings (SSSR count). The normalized spacial score (nSPS) is 20.1. The molecule has 1 aliphatic rings. The van der Waals surface area contributed by atoms with Crippen LogP contribution in [-0.2, 0) is 4.79 Å². The largest absolute Gasteiger partial charge is 0.496 e. The van der Waals surface area contributed by atoms with Gasteiger partial charge in [-0.05, 0) is 30.5 Å². The number of carbonyl (C=O) groups excluding carboxylic acids is 1. The summed E-state index contributed by atoms with van der Waals surface area (Å²) in [4.78, 5) is 11.1. The number of ether oxygens (including phenoxy) is 1. The zero-order valence-corrected chi connectivity index (χ0v) is 9.04. The predicted molar refractivity (Wildman–Crippen MR) is 57.8 cm³/mol. The van der Waals surface area contributed by atoms with E-state index in [-0.39, 0.29) is 11.9 Å². The molecule has 0 spiro atoms. The molecule has 15 heavy (non-hydrogen) atoms. The van der Waals surface area contributed by atoms with Crippen molar-refractivity contribution < 1.29 is 9.53 Å². The number of nitrogens with one attached hydrogen (secondary N) is 1. The van der Waals surface area contributed by atoms with Crippen molar-refractivity contribution in [3.8, 4) is 5.75 Å². The van der Waals surface area contributed by atoms with Gasteiger partial charge in [0, 0.05) is 6.42 Å². The lowest BCUT2D eigenvalue weighted by Gasteiger charge is -2.12. The van der Waals surface area contributed by atoms with Crippen LogP contribution in [0.3, 0.4) is 0 Å². The van der Waals surface area contributed by atoms with Gasteiger partial charge in [-0.25, -0.2) is 0 Å². The molecular weight excluding hydrogens is 190 g/mol. The summed E-state index contributed by atoms with van der Waals surface area (Å²) in [6.07, 6.45) is 1.53. The van der Waals surface area contributed by atoms with Crippen LogP contribution in [0, 0.1) is 6.92 Å². The Bertz CT molecular complexity index is 387. The Morgan fingerprint density at radius 3 is 2.80 bits per heavy atom. The van der Waals surface area contributed by atoms with Gasteiger partial charge >= 0.3 is 0 Å². The van der Waals surface area contributed by atoms with Crippen molar-refractivity contribution in [2.75, 3.05) is 7.11 Å². The Hall–Kier alpha value is -1.51. The van der Waals surface area contributed by atoms with Gasteiger partial charge in [-0.15, -0.1) is 0 Å². The van der Waals surface area contributed by atoms with Crippen molar-refractivity contribution >= 4 is 5.91 Å². The summed E-state index contributed by atoms with van der Waals surface area (Å²) < 4.78 is 5.20. The number of hydrogen-bond donors (Lipinski definition) is 1. The van der Waals surface area contributed by atoms with Crippen molar-refractivity contribution in [2.24, 2.45) is 0 Å². The van der Waals surface area contributed by atoms with Crippen LogP contribution >= 0.6 is 0 Å². The van der Waals surface area contributed by atoms with Gasteiger partial charge in [0.05, 0.1) is 13.2 Å². The van der Waals surface area contributed by atoms with E-state index in [0.717, 1.165) is 17.7 Å². The van der Waals surface area contributed by atoms with Gasteiger partial charge in [0.1, 0.15) is 5.75 Å². The van der Waals surface area contributed by atoms with Crippen LogP contribution in [0.15, 0.2) is 18.2 Å². The molecule has 1 heterocycles. The van der Waals surface area contributed by atoms with Gasteiger partial charge in [-0.2, -0.15) is 0 Å². The Morgan fingerprint density at radius 2 is 2.27 bits per heavy atom. The number of carbonyl (C=O) groups is 1. The monoisotopic (exact) mass is 205 g/mol. The highest BCUT2D eigenvalue weighted by atomic mass is 16.5. The zero-order valence-electron chi connectivity index (χ0n) is 9.04. The molecule has 0 aromatic heterocycles. The van der Waals surface area contributed by atoms with Crippen LogP contribution in [0.2, 0.25) is 0 Å². The third kappa shape index (κ3) is 1.96. The summed E-state index contributed by atoms with van der Waals surface area (Å²) >= 11 is 0. The van der Waals surface area contributed by atoms with Crippen LogP contribution in [0.4, 0.5) is 0 Å². The Morgan fingerprint density at radius 1 is 1.47 bits per heavy atom. The summed E-state index contributed by atoms with van der Waals surface area (Å²) in [5.74, 6) is 1.04. The summed E-state index contributed by atoms with van der Waals surface area (Å²) in [5.41, 5.74) is 2.27. The first-order valence-corrected chi connectivity index (χ1v) is 5.14. The van der Waals surface area contributed by atoms with Gasteiger partial charge in [-0.3, -0.25) is 4.79 Å². The Labute approximate surface area is 89.4 Å². The molecule has 1 amide bonds. The summed E-state index contributed by atoms with van der Waals surface area (Å²) in [7, 11) is 1.67. The SMILES string of the molecule is COc1ccc(C2CCC(=O)N2)cc1C. The molecule has 3 nitrogen and oxygen atoms in total. The number of rotatable bonds is 2. The second kappa shape index (κ2) is 3.93. The maximum atomic E-state index is 11.1. The van der Waals surface area contributed by atoms with Crippen LogP contribution < -0.4 is 10.1 Å². The molecule has 1 aliphatic heterocycles. The quantitative estimate of drug-likeness (QED) is 0.801. The molecule has 1 fully saturated rings. The van der Waals surface area contributed by atoms with Gasteiger partial charge in [0.2, 0.25) is 5.91 Å². The van der Waals surface area contributed by atoms with E-state index in [1.807, 2.05) is 19.1 Å². The fourth-order valence-electron chi connectivity index (χ4n) is 1.98. The number of aryl methyl sites for hydroxylation is 1. The smallest absolute Gasteiger partial charge is 0.220 e. The lowest BCUT2D eigenvalue weighted by Crippen LogP contribution is -2.18. The standard InChI is InChI=1S/C12H15NO2/c1-8-7-9(3-5-11(8)15-2)10-4-6-12(14)13-10/h3,5,7,10H,4,6H2,1-2H3,(H,13,14). The van der Waals surface area contributed by atoms with E-state index in [9.17, 15) is 4.79 Å². The van der Waals surface area contributed by atoms with Crippen molar-refractivity contribution in [3.05, 3.63) is 29.3 Å². The van der Waals surface area contributed by atoms with E-state index in [1.54, 1.807) is 7.11 Å². The minimum atomic E-state index is 0.147. The molecule has 1 N–H and O–H groups in total. The molecule has 0 saturated carbocycles. The second-order valence-electron chi connectivity index (χ2n) is 3.89. The van der Waals surface area contributed by atoms with Crippen molar-refractivity contribution in [1.82, 2.24) is 5.32 Å². The number of benzene rings is 1. The van der Waals surface area contributed by atoms with Gasteiger partial charge in [0.25, 0.3) is 0 Å². The van der Waals surface area contributed by atoms with E-state index in [1.165, 1.54) is 5.56 Å². The molecule has 1 atom stereocenters. The summed E-state index contributed by atoms with van der Waals surface area (Å²) in [5, 5.41) is 2.96. The first kappa shape index (κ1) is 10.0. The number of hydrogen-bond acceptors (Lipinski definition) is 2. The molecule has 1 aromatic rings. The highest BCUT2D eigenvalue weighted by Gasteiger charge is 2.22. The van der Waals surface area contributed by atoms with E-state index in [2.05, 4.69) is 11.4 Å². The van der Waals surface area contributed by atoms with Gasteiger partial charge < -0.3 is 10.1 Å². The first-order chi connectivity index (χ1) is 7.20. The average molecular weight is 205 g/mol. The van der Waals surface area contributed by atoms with Crippen molar-refractivity contribution in [1.29, 1.82) is 0 Å². The topological polar surface area (TPSA) is 38.3 Å². The zero-order chi connectivity index (χ0) is 10.8. The highest BCUT2D eigenvalue weighted by Crippen LogP contribution is 2.27. The molecule has 0 bridgehead atoms. The van der Waals surface area contributed by atoms with E-state index < -0.39 is 0 Å². The van der Waals surface area contributed by atoms with Gasteiger partial charge in [0.15, 0.2) is 0 Å². The molecular formula is C12H15NO2. The molecule has 1 aromatic carbocycles. The molecule has 80 valence electrons. The fraction of sp³-hybridized carbons (Fsp3) is 0.417. The Kier molecular flexibility index (Phi) is 2.62. The fourth-order valence-corrected chi connectivity index (χ4v) is 1.98. The molecule has 3 heteroatoms. The maximum absolute atomic E-state index is 11.1. The van der Waals surface area contributed by atoms with E-state index in [0.29, 0.717) is 6.42 Å². The predicted octanol–water partition coefficient (Wildman–Crippen LogP) is 1.95. The van der Waals surface area contributed by atoms with E-state index in [4.69, 9.17) is 4.74 Å². The van der Waals surface area contributed by atoms with Crippen LogP contribution in [0.5, 0.6) is 5.75 Å². The lowest BCUT2D eigenvalue weighted by atomic mass is 10.0. The van der Waals surface area contributed by atoms with Crippen molar-refractivity contribution in [3.63, 3.8) is 0 Å². The molecule has 0 radical (unpaired) electrons. The third-order valence-electron chi connectivity index (χ3n) is 2.82. The molecule has 1 saturated heterocycles. The first-order valence-electron chi connectivity index (χ1n) is 5.14. The minimum Gasteiger partial charge on any atom is -0.496 e. The highest BCUT2D eigenvalue weighted by molar-refractivity contribution is 5.78. The maximum Gasteiger partial charge on any atom is 0.220 e. The average Bonchev–Trinajstić information content (AvgIpc) is 2.65. The lowest BCUT2D eigenvalue weighted by molar-refractivity contribution is -0.119. The third-order valence-corrected chi connectivity index (χ3v) is 2.82. The minimum absolute atomic E-state index is 0.147.